The Morgan fingerprint density at radius 3 is 2.58 bits per heavy atom. The van der Waals surface area contributed by atoms with E-state index in [2.05, 4.69) is 21.8 Å². The molecule has 1 aliphatic rings. The van der Waals surface area contributed by atoms with E-state index >= 15 is 0 Å². The molecule has 0 saturated carbocycles. The van der Waals surface area contributed by atoms with Crippen LogP contribution in [0, 0.1) is 18.7 Å². The number of anilines is 1. The van der Waals surface area contributed by atoms with E-state index in [4.69, 9.17) is 4.74 Å². The molecule has 1 fully saturated rings. The van der Waals surface area contributed by atoms with Crippen LogP contribution >= 0.6 is 0 Å². The SMILES string of the molecule is CCCC(c1cc(C)cc(F)c1)N(CC)C(=O)C1CCN(c2cc(OC)ncn2)CC1. The van der Waals surface area contributed by atoms with Crippen molar-refractivity contribution < 1.29 is 13.9 Å². The molecule has 1 saturated heterocycles. The highest BCUT2D eigenvalue weighted by molar-refractivity contribution is 5.79. The maximum absolute atomic E-state index is 14.1. The first-order chi connectivity index (χ1) is 15.0. The van der Waals surface area contributed by atoms with Crippen LogP contribution in [-0.2, 0) is 4.79 Å². The topological polar surface area (TPSA) is 58.6 Å². The summed E-state index contributed by atoms with van der Waals surface area (Å²) >= 11 is 0. The Morgan fingerprint density at radius 1 is 1.23 bits per heavy atom. The van der Waals surface area contributed by atoms with Gasteiger partial charge in [0.15, 0.2) is 0 Å². The Bertz CT molecular complexity index is 863. The van der Waals surface area contributed by atoms with Gasteiger partial charge in [0, 0.05) is 31.6 Å². The summed E-state index contributed by atoms with van der Waals surface area (Å²) in [7, 11) is 1.59. The highest BCUT2D eigenvalue weighted by Gasteiger charge is 2.32. The van der Waals surface area contributed by atoms with Gasteiger partial charge in [-0.2, -0.15) is 0 Å². The molecule has 7 heteroatoms. The number of hydrogen-bond acceptors (Lipinski definition) is 5. The monoisotopic (exact) mass is 428 g/mol. The first-order valence-electron chi connectivity index (χ1n) is 11.1. The average molecular weight is 429 g/mol. The molecule has 2 heterocycles. The van der Waals surface area contributed by atoms with E-state index < -0.39 is 0 Å². The lowest BCUT2D eigenvalue weighted by atomic mass is 9.92. The second-order valence-corrected chi connectivity index (χ2v) is 8.17. The van der Waals surface area contributed by atoms with Gasteiger partial charge >= 0.3 is 0 Å². The zero-order valence-corrected chi connectivity index (χ0v) is 19.0. The molecule has 168 valence electrons. The third kappa shape index (κ3) is 5.51. The Kier molecular flexibility index (Phi) is 7.82. The van der Waals surface area contributed by atoms with E-state index in [0.717, 1.165) is 55.7 Å². The molecule has 1 aromatic heterocycles. The third-order valence-corrected chi connectivity index (χ3v) is 6.02. The Labute approximate surface area is 184 Å². The molecule has 1 aliphatic heterocycles. The number of methoxy groups -OCH3 is 1. The minimum absolute atomic E-state index is 0.0334. The number of carbonyl (C=O) groups is 1. The number of rotatable bonds is 8. The van der Waals surface area contributed by atoms with Crippen LogP contribution in [0.3, 0.4) is 0 Å². The summed E-state index contributed by atoms with van der Waals surface area (Å²) in [6.07, 6.45) is 4.78. The van der Waals surface area contributed by atoms with Crippen LogP contribution in [-0.4, -0.2) is 47.5 Å². The smallest absolute Gasteiger partial charge is 0.226 e. The van der Waals surface area contributed by atoms with Crippen LogP contribution < -0.4 is 9.64 Å². The van der Waals surface area contributed by atoms with E-state index in [0.29, 0.717) is 12.4 Å². The quantitative estimate of drug-likeness (QED) is 0.618. The molecular weight excluding hydrogens is 395 g/mol. The summed E-state index contributed by atoms with van der Waals surface area (Å²) in [5.41, 5.74) is 1.77. The minimum atomic E-state index is -0.242. The highest BCUT2D eigenvalue weighted by atomic mass is 19.1. The molecule has 0 spiro atoms. The summed E-state index contributed by atoms with van der Waals surface area (Å²) in [5, 5.41) is 0. The molecule has 1 atom stereocenters. The third-order valence-electron chi connectivity index (χ3n) is 6.02. The zero-order chi connectivity index (χ0) is 22.4. The van der Waals surface area contributed by atoms with Crippen molar-refractivity contribution in [2.24, 2.45) is 5.92 Å². The fraction of sp³-hybridized carbons (Fsp3) is 0.542. The van der Waals surface area contributed by atoms with Gasteiger partial charge in [-0.3, -0.25) is 4.79 Å². The van der Waals surface area contributed by atoms with Crippen molar-refractivity contribution in [3.63, 3.8) is 0 Å². The van der Waals surface area contributed by atoms with Crippen LogP contribution in [0.25, 0.3) is 0 Å². The summed E-state index contributed by atoms with van der Waals surface area (Å²) < 4.78 is 19.3. The number of benzene rings is 1. The molecule has 1 amide bonds. The second-order valence-electron chi connectivity index (χ2n) is 8.17. The number of ether oxygens (including phenoxy) is 1. The number of piperidine rings is 1. The normalized spacial score (nSPS) is 15.6. The van der Waals surface area contributed by atoms with Crippen molar-refractivity contribution >= 4 is 11.7 Å². The fourth-order valence-electron chi connectivity index (χ4n) is 4.47. The lowest BCUT2D eigenvalue weighted by Crippen LogP contribution is -2.44. The van der Waals surface area contributed by atoms with Crippen molar-refractivity contribution in [2.75, 3.05) is 31.6 Å². The lowest BCUT2D eigenvalue weighted by Gasteiger charge is -2.38. The number of hydrogen-bond donors (Lipinski definition) is 0. The highest BCUT2D eigenvalue weighted by Crippen LogP contribution is 2.31. The maximum atomic E-state index is 14.1. The standard InChI is InChI=1S/C24H33FN4O2/c1-5-7-21(19-12-17(3)13-20(25)14-19)29(6-2)24(30)18-8-10-28(11-9-18)22-15-23(31-4)27-16-26-22/h12-16,18,21H,5-11H2,1-4H3. The van der Waals surface area contributed by atoms with Gasteiger partial charge in [0.1, 0.15) is 18.0 Å². The maximum Gasteiger partial charge on any atom is 0.226 e. The average Bonchev–Trinajstić information content (AvgIpc) is 2.78. The summed E-state index contributed by atoms with van der Waals surface area (Å²) in [6.45, 7) is 8.13. The number of carbonyl (C=O) groups excluding carboxylic acids is 1. The van der Waals surface area contributed by atoms with E-state index in [9.17, 15) is 9.18 Å². The molecule has 0 N–H and O–H groups in total. The van der Waals surface area contributed by atoms with Crippen molar-refractivity contribution in [1.82, 2.24) is 14.9 Å². The van der Waals surface area contributed by atoms with Gasteiger partial charge in [-0.15, -0.1) is 0 Å². The number of amides is 1. The van der Waals surface area contributed by atoms with Crippen LogP contribution in [0.4, 0.5) is 10.2 Å². The van der Waals surface area contributed by atoms with Crippen LogP contribution in [0.2, 0.25) is 0 Å². The van der Waals surface area contributed by atoms with Gasteiger partial charge < -0.3 is 14.5 Å². The number of aryl methyl sites for hydroxylation is 1. The van der Waals surface area contributed by atoms with Gasteiger partial charge in [0.2, 0.25) is 11.8 Å². The van der Waals surface area contributed by atoms with Gasteiger partial charge in [-0.05, 0) is 56.4 Å². The van der Waals surface area contributed by atoms with E-state index in [1.54, 1.807) is 13.2 Å². The number of halogens is 1. The van der Waals surface area contributed by atoms with Gasteiger partial charge in [0.25, 0.3) is 0 Å². The predicted octanol–water partition coefficient (Wildman–Crippen LogP) is 4.54. The van der Waals surface area contributed by atoms with E-state index in [-0.39, 0.29) is 23.7 Å². The molecule has 31 heavy (non-hydrogen) atoms. The van der Waals surface area contributed by atoms with E-state index in [1.807, 2.05) is 30.9 Å². The molecular formula is C24H33FN4O2. The van der Waals surface area contributed by atoms with Crippen molar-refractivity contribution in [2.45, 2.75) is 52.5 Å². The molecule has 0 radical (unpaired) electrons. The van der Waals surface area contributed by atoms with E-state index in [1.165, 1.54) is 12.4 Å². The van der Waals surface area contributed by atoms with Gasteiger partial charge in [0.05, 0.1) is 13.2 Å². The Hall–Kier alpha value is -2.70. The van der Waals surface area contributed by atoms with Gasteiger partial charge in [-0.25, -0.2) is 14.4 Å². The molecule has 0 aliphatic carbocycles. The van der Waals surface area contributed by atoms with Crippen molar-refractivity contribution in [3.05, 3.63) is 47.5 Å². The predicted molar refractivity (Wildman–Crippen MR) is 120 cm³/mol. The largest absolute Gasteiger partial charge is 0.481 e. The van der Waals surface area contributed by atoms with Gasteiger partial charge in [-0.1, -0.05) is 19.4 Å². The number of nitrogens with zero attached hydrogens (tertiary/aromatic N) is 4. The molecule has 6 nitrogen and oxygen atoms in total. The van der Waals surface area contributed by atoms with Crippen LogP contribution in [0.1, 0.15) is 56.7 Å². The fourth-order valence-corrected chi connectivity index (χ4v) is 4.47. The lowest BCUT2D eigenvalue weighted by molar-refractivity contribution is -0.138. The zero-order valence-electron chi connectivity index (χ0n) is 19.0. The summed E-state index contributed by atoms with van der Waals surface area (Å²) in [6, 6.07) is 6.84. The first-order valence-corrected chi connectivity index (χ1v) is 11.1. The Morgan fingerprint density at radius 2 is 1.97 bits per heavy atom. The van der Waals surface area contributed by atoms with Crippen molar-refractivity contribution in [3.8, 4) is 5.88 Å². The van der Waals surface area contributed by atoms with Crippen molar-refractivity contribution in [1.29, 1.82) is 0 Å². The minimum Gasteiger partial charge on any atom is -0.481 e. The Balaban J connectivity index is 1.72. The summed E-state index contributed by atoms with van der Waals surface area (Å²) in [5.74, 6) is 1.25. The molecule has 1 unspecified atom stereocenters. The van der Waals surface area contributed by atoms with Crippen LogP contribution in [0.15, 0.2) is 30.6 Å². The molecule has 0 bridgehead atoms. The first kappa shape index (κ1) is 23.0. The number of aromatic nitrogens is 2. The molecule has 3 rings (SSSR count). The molecule has 1 aromatic carbocycles. The van der Waals surface area contributed by atoms with Crippen LogP contribution in [0.5, 0.6) is 5.88 Å². The second kappa shape index (κ2) is 10.6. The summed E-state index contributed by atoms with van der Waals surface area (Å²) in [4.78, 5) is 26.0. The molecule has 2 aromatic rings.